The predicted octanol–water partition coefficient (Wildman–Crippen LogP) is 3.84. The average molecular weight is 372 g/mol. The number of Topliss-reactive ketones (excluding diaryl/α,β-unsaturated/α-hetero) is 1. The average Bonchev–Trinajstić information content (AvgIpc) is 3.02. The van der Waals surface area contributed by atoms with Gasteiger partial charge >= 0.3 is 0 Å². The molecule has 0 saturated carbocycles. The third kappa shape index (κ3) is 3.77. The van der Waals surface area contributed by atoms with Crippen LogP contribution < -0.4 is 0 Å². The van der Waals surface area contributed by atoms with E-state index in [2.05, 4.69) is 53.7 Å². The van der Waals surface area contributed by atoms with Gasteiger partial charge in [0.15, 0.2) is 5.78 Å². The van der Waals surface area contributed by atoms with Crippen molar-refractivity contribution in [3.63, 3.8) is 0 Å². The molecule has 2 aromatic carbocycles. The van der Waals surface area contributed by atoms with E-state index in [9.17, 15) is 9.59 Å². The van der Waals surface area contributed by atoms with Crippen molar-refractivity contribution in [2.75, 3.05) is 13.1 Å². The van der Waals surface area contributed by atoms with E-state index in [0.717, 1.165) is 11.9 Å². The van der Waals surface area contributed by atoms with Crippen LogP contribution in [0.25, 0.3) is 10.9 Å². The summed E-state index contributed by atoms with van der Waals surface area (Å²) in [5.74, 6) is 0.426. The normalized spacial score (nSPS) is 14.1. The Morgan fingerprint density at radius 2 is 1.75 bits per heavy atom. The van der Waals surface area contributed by atoms with Crippen LogP contribution in [0, 0.1) is 5.92 Å². The Morgan fingerprint density at radius 1 is 1.04 bits per heavy atom. The number of nitrogens with zero attached hydrogens (tertiary/aromatic N) is 2. The van der Waals surface area contributed by atoms with E-state index in [-0.39, 0.29) is 17.6 Å². The summed E-state index contributed by atoms with van der Waals surface area (Å²) in [6.45, 7) is 5.19. The monoisotopic (exact) mass is 372 g/mol. The van der Waals surface area contributed by atoms with Crippen LogP contribution in [-0.2, 0) is 22.6 Å². The van der Waals surface area contributed by atoms with Crippen LogP contribution in [0.15, 0.2) is 73.4 Å². The van der Waals surface area contributed by atoms with E-state index in [1.54, 1.807) is 4.90 Å². The lowest BCUT2D eigenvalue weighted by atomic mass is 9.94. The number of fused-ring (bicyclic) bond motifs is 1. The molecule has 142 valence electrons. The first kappa shape index (κ1) is 18.2. The van der Waals surface area contributed by atoms with E-state index >= 15 is 0 Å². The predicted molar refractivity (Wildman–Crippen MR) is 111 cm³/mol. The number of hydrogen-bond donors (Lipinski definition) is 0. The first-order valence-electron chi connectivity index (χ1n) is 9.67. The van der Waals surface area contributed by atoms with Crippen molar-refractivity contribution in [2.45, 2.75) is 19.4 Å². The van der Waals surface area contributed by atoms with Crippen LogP contribution in [0.1, 0.15) is 17.5 Å². The highest BCUT2D eigenvalue weighted by Crippen LogP contribution is 2.25. The molecule has 0 aliphatic carbocycles. The maximum absolute atomic E-state index is 12.6. The minimum absolute atomic E-state index is 0.0503. The molecule has 0 N–H and O–H groups in total. The summed E-state index contributed by atoms with van der Waals surface area (Å²) in [6.07, 6.45) is 4.81. The Labute approximate surface area is 165 Å². The lowest BCUT2D eigenvalue weighted by Gasteiger charge is -2.38. The number of likely N-dealkylation sites (tertiary alicyclic amines) is 1. The second kappa shape index (κ2) is 7.85. The lowest BCUT2D eigenvalue weighted by Crippen LogP contribution is -2.50. The van der Waals surface area contributed by atoms with Gasteiger partial charge < -0.3 is 9.47 Å². The third-order valence-corrected chi connectivity index (χ3v) is 5.42. The molecule has 4 nitrogen and oxygen atoms in total. The first-order valence-corrected chi connectivity index (χ1v) is 9.67. The molecular weight excluding hydrogens is 348 g/mol. The van der Waals surface area contributed by atoms with Crippen LogP contribution in [0.2, 0.25) is 0 Å². The molecule has 1 saturated heterocycles. The van der Waals surface area contributed by atoms with Crippen LogP contribution in [0.3, 0.4) is 0 Å². The number of rotatable bonds is 7. The fraction of sp³-hybridized carbons (Fsp3) is 0.250. The van der Waals surface area contributed by atoms with Gasteiger partial charge in [-0.25, -0.2) is 0 Å². The van der Waals surface area contributed by atoms with Gasteiger partial charge in [-0.3, -0.25) is 9.59 Å². The van der Waals surface area contributed by atoms with Gasteiger partial charge in [-0.15, -0.1) is 0 Å². The molecule has 0 radical (unpaired) electrons. The standard InChI is InChI=1S/C24H24N2O2/c1-2-24(28)26-14-19(15-26)13-21(27)17-25-16-20(12-18-8-4-3-5-9-18)22-10-6-7-11-23(22)25/h2-11,16,19H,1,12-15,17H2. The summed E-state index contributed by atoms with van der Waals surface area (Å²) < 4.78 is 2.07. The Balaban J connectivity index is 1.46. The maximum atomic E-state index is 12.6. The number of carbonyl (C=O) groups excluding carboxylic acids is 2. The third-order valence-electron chi connectivity index (χ3n) is 5.42. The van der Waals surface area contributed by atoms with Crippen LogP contribution in [-0.4, -0.2) is 34.2 Å². The van der Waals surface area contributed by atoms with E-state index in [0.29, 0.717) is 26.1 Å². The van der Waals surface area contributed by atoms with Gasteiger partial charge in [0, 0.05) is 42.5 Å². The molecule has 2 heterocycles. The van der Waals surface area contributed by atoms with Gasteiger partial charge in [-0.1, -0.05) is 55.1 Å². The first-order chi connectivity index (χ1) is 13.6. The maximum Gasteiger partial charge on any atom is 0.245 e. The minimum Gasteiger partial charge on any atom is -0.340 e. The Hall–Kier alpha value is -3.14. The summed E-state index contributed by atoms with van der Waals surface area (Å²) in [5, 5.41) is 1.20. The number of ketones is 1. The van der Waals surface area contributed by atoms with Crippen molar-refractivity contribution >= 4 is 22.6 Å². The zero-order valence-electron chi connectivity index (χ0n) is 15.9. The lowest BCUT2D eigenvalue weighted by molar-refractivity contribution is -0.134. The second-order valence-electron chi connectivity index (χ2n) is 7.52. The van der Waals surface area contributed by atoms with Gasteiger partial charge in [-0.2, -0.15) is 0 Å². The zero-order chi connectivity index (χ0) is 19.5. The molecule has 4 heteroatoms. The Kier molecular flexibility index (Phi) is 5.11. The highest BCUT2D eigenvalue weighted by Gasteiger charge is 2.30. The summed E-state index contributed by atoms with van der Waals surface area (Å²) in [7, 11) is 0. The number of amides is 1. The summed E-state index contributed by atoms with van der Waals surface area (Å²) in [5.41, 5.74) is 3.60. The van der Waals surface area contributed by atoms with E-state index in [1.165, 1.54) is 22.6 Å². The van der Waals surface area contributed by atoms with Gasteiger partial charge in [0.25, 0.3) is 0 Å². The molecule has 0 atom stereocenters. The molecule has 1 amide bonds. The number of benzene rings is 2. The molecule has 1 aliphatic heterocycles. The molecule has 1 aromatic heterocycles. The van der Waals surface area contributed by atoms with Crippen molar-refractivity contribution < 1.29 is 9.59 Å². The second-order valence-corrected chi connectivity index (χ2v) is 7.52. The minimum atomic E-state index is -0.0503. The Morgan fingerprint density at radius 3 is 2.50 bits per heavy atom. The fourth-order valence-electron chi connectivity index (χ4n) is 3.99. The molecule has 28 heavy (non-hydrogen) atoms. The quantitative estimate of drug-likeness (QED) is 0.592. The molecule has 3 aromatic rings. The number of hydrogen-bond acceptors (Lipinski definition) is 2. The highest BCUT2D eigenvalue weighted by molar-refractivity contribution is 5.89. The van der Waals surface area contributed by atoms with Crippen LogP contribution in [0.4, 0.5) is 0 Å². The number of aromatic nitrogens is 1. The van der Waals surface area contributed by atoms with E-state index in [1.807, 2.05) is 18.2 Å². The smallest absolute Gasteiger partial charge is 0.245 e. The Bertz CT molecular complexity index is 1010. The van der Waals surface area contributed by atoms with Gasteiger partial charge in [-0.05, 0) is 29.7 Å². The number of para-hydroxylation sites is 1. The summed E-state index contributed by atoms with van der Waals surface area (Å²) in [4.78, 5) is 25.9. The highest BCUT2D eigenvalue weighted by atomic mass is 16.2. The molecule has 0 bridgehead atoms. The molecule has 0 unspecified atom stereocenters. The molecular formula is C24H24N2O2. The molecule has 1 aliphatic rings. The van der Waals surface area contributed by atoms with Crippen molar-refractivity contribution in [1.82, 2.24) is 9.47 Å². The van der Waals surface area contributed by atoms with Gasteiger partial charge in [0.05, 0.1) is 6.54 Å². The van der Waals surface area contributed by atoms with Crippen molar-refractivity contribution in [3.8, 4) is 0 Å². The van der Waals surface area contributed by atoms with Crippen LogP contribution >= 0.6 is 0 Å². The van der Waals surface area contributed by atoms with E-state index in [4.69, 9.17) is 0 Å². The molecule has 0 spiro atoms. The zero-order valence-corrected chi connectivity index (χ0v) is 15.9. The summed E-state index contributed by atoms with van der Waals surface area (Å²) in [6, 6.07) is 18.6. The largest absolute Gasteiger partial charge is 0.340 e. The van der Waals surface area contributed by atoms with Crippen LogP contribution in [0.5, 0.6) is 0 Å². The SMILES string of the molecule is C=CC(=O)N1CC(CC(=O)Cn2cc(Cc3ccccc3)c3ccccc32)C1. The van der Waals surface area contributed by atoms with Crippen molar-refractivity contribution in [3.05, 3.63) is 84.6 Å². The number of carbonyl (C=O) groups is 2. The van der Waals surface area contributed by atoms with Gasteiger partial charge in [0.1, 0.15) is 0 Å². The molecule has 4 rings (SSSR count). The molecule has 1 fully saturated rings. The van der Waals surface area contributed by atoms with E-state index < -0.39 is 0 Å². The van der Waals surface area contributed by atoms with Gasteiger partial charge in [0.2, 0.25) is 5.91 Å². The van der Waals surface area contributed by atoms with Crippen molar-refractivity contribution in [2.24, 2.45) is 5.92 Å². The topological polar surface area (TPSA) is 42.3 Å². The van der Waals surface area contributed by atoms with Crippen molar-refractivity contribution in [1.29, 1.82) is 0 Å². The summed E-state index contributed by atoms with van der Waals surface area (Å²) >= 11 is 0. The fourth-order valence-corrected chi connectivity index (χ4v) is 3.99.